The zero-order valence-corrected chi connectivity index (χ0v) is 17.7. The molecule has 2 aromatic carbocycles. The Morgan fingerprint density at radius 3 is 2.80 bits per heavy atom. The third-order valence-corrected chi connectivity index (χ3v) is 5.29. The van der Waals surface area contributed by atoms with Crippen molar-refractivity contribution >= 4 is 35.0 Å². The number of halogens is 2. The molecule has 0 spiro atoms. The van der Waals surface area contributed by atoms with Crippen LogP contribution in [0.4, 0.5) is 10.1 Å². The molecule has 30 heavy (non-hydrogen) atoms. The molecular formula is C19H19ClFN5O3S. The van der Waals surface area contributed by atoms with Crippen molar-refractivity contribution in [1.29, 1.82) is 0 Å². The molecule has 0 saturated carbocycles. The van der Waals surface area contributed by atoms with Crippen LogP contribution in [0.2, 0.25) is 5.02 Å². The number of carbonyl (C=O) groups is 1. The van der Waals surface area contributed by atoms with Crippen LogP contribution in [0.25, 0.3) is 0 Å². The minimum atomic E-state index is -0.555. The summed E-state index contributed by atoms with van der Waals surface area (Å²) >= 11 is 7.10. The number of methoxy groups -OCH3 is 1. The fourth-order valence-electron chi connectivity index (χ4n) is 2.41. The van der Waals surface area contributed by atoms with Crippen molar-refractivity contribution < 1.29 is 18.7 Å². The maximum absolute atomic E-state index is 13.7. The number of ether oxygens (including phenoxy) is 2. The number of thioether (sulfide) groups is 1. The summed E-state index contributed by atoms with van der Waals surface area (Å²) in [4.78, 5) is 12.6. The zero-order chi connectivity index (χ0) is 21.7. The quantitative estimate of drug-likeness (QED) is 0.399. The van der Waals surface area contributed by atoms with Gasteiger partial charge in [-0.05, 0) is 37.3 Å². The van der Waals surface area contributed by atoms with E-state index in [0.717, 1.165) is 11.8 Å². The van der Waals surface area contributed by atoms with Crippen LogP contribution in [-0.4, -0.2) is 33.1 Å². The van der Waals surface area contributed by atoms with Crippen molar-refractivity contribution in [3.05, 3.63) is 59.1 Å². The lowest BCUT2D eigenvalue weighted by Gasteiger charge is -2.14. The Morgan fingerprint density at radius 1 is 1.30 bits per heavy atom. The van der Waals surface area contributed by atoms with E-state index < -0.39 is 11.1 Å². The summed E-state index contributed by atoms with van der Waals surface area (Å²) in [5, 5.41) is 10.9. The molecular weight excluding hydrogens is 433 g/mol. The van der Waals surface area contributed by atoms with E-state index in [9.17, 15) is 9.18 Å². The Bertz CT molecular complexity index is 1050. The van der Waals surface area contributed by atoms with E-state index in [2.05, 4.69) is 15.5 Å². The van der Waals surface area contributed by atoms with E-state index in [0.29, 0.717) is 21.6 Å². The topological polar surface area (TPSA) is 104 Å². The summed E-state index contributed by atoms with van der Waals surface area (Å²) in [6.45, 7) is 1.62. The number of hydrogen-bond donors (Lipinski definition) is 2. The van der Waals surface area contributed by atoms with Crippen LogP contribution in [0.15, 0.2) is 47.6 Å². The van der Waals surface area contributed by atoms with Crippen molar-refractivity contribution in [2.24, 2.45) is 0 Å². The fraction of sp³-hybridized carbons (Fsp3) is 0.211. The van der Waals surface area contributed by atoms with Gasteiger partial charge in [-0.3, -0.25) is 4.79 Å². The number of para-hydroxylation sites is 1. The average Bonchev–Trinajstić information content (AvgIpc) is 3.07. The lowest BCUT2D eigenvalue weighted by Crippen LogP contribution is -2.24. The number of nitrogens with zero attached hydrogens (tertiary/aromatic N) is 3. The molecule has 1 aromatic heterocycles. The van der Waals surface area contributed by atoms with E-state index in [1.54, 1.807) is 37.3 Å². The zero-order valence-electron chi connectivity index (χ0n) is 16.1. The number of amides is 1. The van der Waals surface area contributed by atoms with Gasteiger partial charge in [0.25, 0.3) is 0 Å². The Hall–Kier alpha value is -2.98. The van der Waals surface area contributed by atoms with Crippen molar-refractivity contribution in [2.75, 3.05) is 18.3 Å². The summed E-state index contributed by atoms with van der Waals surface area (Å²) in [5.41, 5.74) is 0.454. The molecule has 8 nitrogen and oxygen atoms in total. The van der Waals surface area contributed by atoms with Crippen LogP contribution >= 0.6 is 23.4 Å². The first-order valence-electron chi connectivity index (χ1n) is 8.76. The fourth-order valence-corrected chi connectivity index (χ4v) is 3.38. The van der Waals surface area contributed by atoms with Crippen LogP contribution in [-0.2, 0) is 11.4 Å². The number of nitrogens with two attached hydrogens (primary N) is 1. The summed E-state index contributed by atoms with van der Waals surface area (Å²) in [5.74, 6) is 6.06. The first kappa shape index (κ1) is 21.7. The summed E-state index contributed by atoms with van der Waals surface area (Å²) in [7, 11) is 1.50. The van der Waals surface area contributed by atoms with Gasteiger partial charge in [0.1, 0.15) is 12.4 Å². The molecule has 1 atom stereocenters. The first-order valence-corrected chi connectivity index (χ1v) is 10.0. The number of rotatable bonds is 8. The Kier molecular flexibility index (Phi) is 7.01. The predicted octanol–water partition coefficient (Wildman–Crippen LogP) is 3.49. The smallest absolute Gasteiger partial charge is 0.237 e. The normalized spacial score (nSPS) is 11.7. The Balaban J connectivity index is 1.63. The molecule has 0 radical (unpaired) electrons. The predicted molar refractivity (Wildman–Crippen MR) is 113 cm³/mol. The molecule has 3 N–H and O–H groups in total. The minimum absolute atomic E-state index is 0.0781. The summed E-state index contributed by atoms with van der Waals surface area (Å²) in [6, 6.07) is 10.9. The summed E-state index contributed by atoms with van der Waals surface area (Å²) in [6.07, 6.45) is 0. The lowest BCUT2D eigenvalue weighted by molar-refractivity contribution is -0.115. The van der Waals surface area contributed by atoms with Crippen molar-refractivity contribution in [3.8, 4) is 11.5 Å². The van der Waals surface area contributed by atoms with Crippen LogP contribution < -0.4 is 20.6 Å². The minimum Gasteiger partial charge on any atom is -0.495 e. The molecule has 11 heteroatoms. The van der Waals surface area contributed by atoms with Gasteiger partial charge in [0, 0.05) is 5.02 Å². The highest BCUT2D eigenvalue weighted by Crippen LogP contribution is 2.29. The largest absolute Gasteiger partial charge is 0.495 e. The van der Waals surface area contributed by atoms with E-state index >= 15 is 0 Å². The van der Waals surface area contributed by atoms with Crippen molar-refractivity contribution in [3.63, 3.8) is 0 Å². The van der Waals surface area contributed by atoms with Crippen molar-refractivity contribution in [1.82, 2.24) is 14.9 Å². The lowest BCUT2D eigenvalue weighted by atomic mass is 10.3. The number of carbonyl (C=O) groups excluding carboxylic acids is 1. The van der Waals surface area contributed by atoms with Gasteiger partial charge >= 0.3 is 0 Å². The van der Waals surface area contributed by atoms with Gasteiger partial charge in [-0.1, -0.05) is 35.5 Å². The third kappa shape index (κ3) is 5.14. The maximum atomic E-state index is 13.7. The van der Waals surface area contributed by atoms with Gasteiger partial charge in [0.05, 0.1) is 18.0 Å². The monoisotopic (exact) mass is 451 g/mol. The Morgan fingerprint density at radius 2 is 2.07 bits per heavy atom. The second-order valence-electron chi connectivity index (χ2n) is 6.08. The Labute approximate surface area is 181 Å². The van der Waals surface area contributed by atoms with Crippen LogP contribution in [0, 0.1) is 5.82 Å². The van der Waals surface area contributed by atoms with E-state index in [1.165, 1.54) is 23.9 Å². The second-order valence-corrected chi connectivity index (χ2v) is 7.83. The number of anilines is 1. The second kappa shape index (κ2) is 9.68. The van der Waals surface area contributed by atoms with Gasteiger partial charge in [0.2, 0.25) is 11.1 Å². The third-order valence-electron chi connectivity index (χ3n) is 4.00. The number of nitrogens with one attached hydrogen (secondary N) is 1. The molecule has 158 valence electrons. The average molecular weight is 452 g/mol. The highest BCUT2D eigenvalue weighted by atomic mass is 35.5. The highest BCUT2D eigenvalue weighted by molar-refractivity contribution is 8.00. The molecule has 1 amide bonds. The number of nitrogen functional groups attached to an aromatic ring is 1. The van der Waals surface area contributed by atoms with E-state index in [4.69, 9.17) is 26.9 Å². The molecule has 0 saturated heterocycles. The molecule has 0 aliphatic rings. The molecule has 1 unspecified atom stereocenters. The molecule has 3 aromatic rings. The van der Waals surface area contributed by atoms with Gasteiger partial charge in [0.15, 0.2) is 17.4 Å². The number of aromatic nitrogens is 3. The number of benzene rings is 2. The van der Waals surface area contributed by atoms with Crippen LogP contribution in [0.3, 0.4) is 0 Å². The molecule has 0 aliphatic heterocycles. The highest BCUT2D eigenvalue weighted by Gasteiger charge is 2.21. The number of hydrogen-bond acceptors (Lipinski definition) is 7. The molecule has 0 aliphatic carbocycles. The standard InChI is InChI=1S/C19H19ClFN5O3S/c1-11(18(27)23-14-9-12(20)7-8-16(14)28-2)30-19-25-24-17(26(19)22)10-29-15-6-4-3-5-13(15)21/h3-9,11H,10,22H2,1-2H3,(H,23,27). The van der Waals surface area contributed by atoms with E-state index in [1.807, 2.05) is 0 Å². The van der Waals surface area contributed by atoms with Gasteiger partial charge in [-0.2, -0.15) is 0 Å². The first-order chi connectivity index (χ1) is 14.4. The van der Waals surface area contributed by atoms with E-state index in [-0.39, 0.29) is 24.1 Å². The van der Waals surface area contributed by atoms with Crippen LogP contribution in [0.1, 0.15) is 12.7 Å². The molecule has 0 bridgehead atoms. The molecule has 0 fully saturated rings. The van der Waals surface area contributed by atoms with Gasteiger partial charge < -0.3 is 20.6 Å². The summed E-state index contributed by atoms with van der Waals surface area (Å²) < 4.78 is 25.5. The SMILES string of the molecule is COc1ccc(Cl)cc1NC(=O)C(C)Sc1nnc(COc2ccccc2F)n1N. The van der Waals surface area contributed by atoms with Crippen molar-refractivity contribution in [2.45, 2.75) is 23.9 Å². The van der Waals surface area contributed by atoms with Crippen LogP contribution in [0.5, 0.6) is 11.5 Å². The van der Waals surface area contributed by atoms with Gasteiger partial charge in [-0.25, -0.2) is 9.07 Å². The molecule has 3 rings (SSSR count). The molecule has 1 heterocycles. The van der Waals surface area contributed by atoms with Gasteiger partial charge in [-0.15, -0.1) is 10.2 Å². The maximum Gasteiger partial charge on any atom is 0.237 e.